The molecule has 0 saturated heterocycles. The quantitative estimate of drug-likeness (QED) is 0.629. The molecule has 1 N–H and O–H groups in total. The van der Waals surface area contributed by atoms with E-state index in [-0.39, 0.29) is 9.92 Å². The SMILES string of the molecule is Cc1nccn1CC(C)CNCc1csc([N+](=O)[O-])c1. The highest BCUT2D eigenvalue weighted by atomic mass is 32.1. The van der Waals surface area contributed by atoms with E-state index in [1.165, 1.54) is 11.3 Å². The molecule has 6 nitrogen and oxygen atoms in total. The molecule has 0 aromatic carbocycles. The Labute approximate surface area is 121 Å². The fourth-order valence-corrected chi connectivity index (χ4v) is 2.74. The van der Waals surface area contributed by atoms with Gasteiger partial charge in [0.2, 0.25) is 0 Å². The number of aromatic nitrogens is 2. The van der Waals surface area contributed by atoms with Crippen LogP contribution in [0, 0.1) is 23.0 Å². The fraction of sp³-hybridized carbons (Fsp3) is 0.462. The van der Waals surface area contributed by atoms with E-state index in [1.54, 1.807) is 12.3 Å². The molecule has 108 valence electrons. The van der Waals surface area contributed by atoms with Crippen LogP contribution in [0.1, 0.15) is 18.3 Å². The molecule has 1 atom stereocenters. The molecule has 2 heterocycles. The van der Waals surface area contributed by atoms with Crippen LogP contribution in [0.3, 0.4) is 0 Å². The summed E-state index contributed by atoms with van der Waals surface area (Å²) >= 11 is 1.17. The molecule has 20 heavy (non-hydrogen) atoms. The standard InChI is InChI=1S/C13H18N4O2S/c1-10(8-16-4-3-15-11(16)2)6-14-7-12-5-13(17(18)19)20-9-12/h3-5,9-10,14H,6-8H2,1-2H3. The molecule has 0 saturated carbocycles. The molecule has 2 aromatic rings. The second kappa shape index (κ2) is 6.62. The molecule has 0 aliphatic heterocycles. The maximum absolute atomic E-state index is 10.6. The Morgan fingerprint density at radius 1 is 1.60 bits per heavy atom. The van der Waals surface area contributed by atoms with E-state index in [9.17, 15) is 10.1 Å². The van der Waals surface area contributed by atoms with Gasteiger partial charge >= 0.3 is 5.00 Å². The normalized spacial score (nSPS) is 12.5. The summed E-state index contributed by atoms with van der Waals surface area (Å²) in [7, 11) is 0. The van der Waals surface area contributed by atoms with Crippen LogP contribution in [-0.2, 0) is 13.1 Å². The van der Waals surface area contributed by atoms with Crippen molar-refractivity contribution in [1.82, 2.24) is 14.9 Å². The number of nitrogens with one attached hydrogen (secondary N) is 1. The summed E-state index contributed by atoms with van der Waals surface area (Å²) in [5.41, 5.74) is 0.965. The third kappa shape index (κ3) is 3.88. The topological polar surface area (TPSA) is 73.0 Å². The first kappa shape index (κ1) is 14.7. The van der Waals surface area contributed by atoms with Crippen molar-refractivity contribution in [2.24, 2.45) is 5.92 Å². The summed E-state index contributed by atoms with van der Waals surface area (Å²) in [6.07, 6.45) is 3.79. The number of rotatable bonds is 7. The molecule has 2 rings (SSSR count). The van der Waals surface area contributed by atoms with Gasteiger partial charge in [-0.25, -0.2) is 4.98 Å². The number of nitro groups is 1. The van der Waals surface area contributed by atoms with Crippen molar-refractivity contribution in [3.8, 4) is 0 Å². The molecular formula is C13H18N4O2S. The predicted octanol–water partition coefficient (Wildman–Crippen LogP) is 2.59. The second-order valence-corrected chi connectivity index (χ2v) is 5.80. The predicted molar refractivity (Wildman–Crippen MR) is 78.8 cm³/mol. The monoisotopic (exact) mass is 294 g/mol. The molecule has 0 bridgehead atoms. The molecule has 7 heteroatoms. The first-order chi connectivity index (χ1) is 9.56. The second-order valence-electron chi connectivity index (χ2n) is 4.91. The van der Waals surface area contributed by atoms with Gasteiger partial charge in [-0.15, -0.1) is 0 Å². The molecular weight excluding hydrogens is 276 g/mol. The van der Waals surface area contributed by atoms with Gasteiger partial charge < -0.3 is 9.88 Å². The van der Waals surface area contributed by atoms with Crippen LogP contribution < -0.4 is 5.32 Å². The van der Waals surface area contributed by atoms with Crippen LogP contribution in [0.5, 0.6) is 0 Å². The summed E-state index contributed by atoms with van der Waals surface area (Å²) < 4.78 is 2.13. The van der Waals surface area contributed by atoms with E-state index in [0.717, 1.165) is 24.5 Å². The van der Waals surface area contributed by atoms with E-state index in [0.29, 0.717) is 12.5 Å². The fourth-order valence-electron chi connectivity index (χ4n) is 2.01. The summed E-state index contributed by atoms with van der Waals surface area (Å²) in [4.78, 5) is 14.4. The van der Waals surface area contributed by atoms with E-state index in [1.807, 2.05) is 18.5 Å². The van der Waals surface area contributed by atoms with Crippen LogP contribution in [0.25, 0.3) is 0 Å². The Kier molecular flexibility index (Phi) is 4.86. The lowest BCUT2D eigenvalue weighted by molar-refractivity contribution is -0.380. The minimum Gasteiger partial charge on any atom is -0.335 e. The van der Waals surface area contributed by atoms with Gasteiger partial charge in [0.25, 0.3) is 0 Å². The first-order valence-electron chi connectivity index (χ1n) is 6.46. The van der Waals surface area contributed by atoms with Crippen molar-refractivity contribution in [2.45, 2.75) is 26.9 Å². The molecule has 1 unspecified atom stereocenters. The zero-order chi connectivity index (χ0) is 14.5. The van der Waals surface area contributed by atoms with Crippen molar-refractivity contribution < 1.29 is 4.92 Å². The highest BCUT2D eigenvalue weighted by molar-refractivity contribution is 7.13. The lowest BCUT2D eigenvalue weighted by Gasteiger charge is -2.14. The Balaban J connectivity index is 1.75. The number of hydrogen-bond donors (Lipinski definition) is 1. The number of imidazole rings is 1. The van der Waals surface area contributed by atoms with Gasteiger partial charge in [-0.1, -0.05) is 18.3 Å². The number of nitrogens with zero attached hydrogens (tertiary/aromatic N) is 3. The van der Waals surface area contributed by atoms with Crippen molar-refractivity contribution >= 4 is 16.3 Å². The highest BCUT2D eigenvalue weighted by Gasteiger charge is 2.10. The largest absolute Gasteiger partial charge is 0.335 e. The van der Waals surface area contributed by atoms with E-state index in [4.69, 9.17) is 0 Å². The molecule has 0 spiro atoms. The number of aryl methyl sites for hydroxylation is 1. The summed E-state index contributed by atoms with van der Waals surface area (Å²) in [6, 6.07) is 1.63. The Hall–Kier alpha value is -1.73. The Morgan fingerprint density at radius 3 is 3.00 bits per heavy atom. The molecule has 0 fully saturated rings. The van der Waals surface area contributed by atoms with Gasteiger partial charge in [0.1, 0.15) is 5.82 Å². The maximum atomic E-state index is 10.6. The molecule has 0 amide bonds. The highest BCUT2D eigenvalue weighted by Crippen LogP contribution is 2.22. The lowest BCUT2D eigenvalue weighted by atomic mass is 10.1. The molecule has 2 aromatic heterocycles. The smallest absolute Gasteiger partial charge is 0.324 e. The van der Waals surface area contributed by atoms with Crippen molar-refractivity contribution in [1.29, 1.82) is 0 Å². The van der Waals surface area contributed by atoms with Gasteiger partial charge in [-0.05, 0) is 24.9 Å². The van der Waals surface area contributed by atoms with Gasteiger partial charge in [0, 0.05) is 36.9 Å². The summed E-state index contributed by atoms with van der Waals surface area (Å²) in [6.45, 7) is 6.61. The minimum atomic E-state index is -0.349. The van der Waals surface area contributed by atoms with Crippen LogP contribution >= 0.6 is 11.3 Å². The summed E-state index contributed by atoms with van der Waals surface area (Å²) in [5.74, 6) is 1.49. The maximum Gasteiger partial charge on any atom is 0.324 e. The number of thiophene rings is 1. The van der Waals surface area contributed by atoms with Gasteiger partial charge in [0.15, 0.2) is 0 Å². The van der Waals surface area contributed by atoms with Crippen LogP contribution in [0.15, 0.2) is 23.8 Å². The number of hydrogen-bond acceptors (Lipinski definition) is 5. The minimum absolute atomic E-state index is 0.198. The third-order valence-corrected chi connectivity index (χ3v) is 4.00. The first-order valence-corrected chi connectivity index (χ1v) is 7.34. The van der Waals surface area contributed by atoms with Crippen molar-refractivity contribution in [3.63, 3.8) is 0 Å². The Morgan fingerprint density at radius 2 is 2.40 bits per heavy atom. The van der Waals surface area contributed by atoms with Crippen LogP contribution in [-0.4, -0.2) is 21.0 Å². The van der Waals surface area contributed by atoms with E-state index < -0.39 is 0 Å². The Bertz CT molecular complexity index is 578. The average Bonchev–Trinajstić information content (AvgIpc) is 3.00. The van der Waals surface area contributed by atoms with Crippen LogP contribution in [0.4, 0.5) is 5.00 Å². The zero-order valence-electron chi connectivity index (χ0n) is 11.6. The molecule has 0 radical (unpaired) electrons. The molecule has 0 aliphatic rings. The van der Waals surface area contributed by atoms with Crippen molar-refractivity contribution in [2.75, 3.05) is 6.54 Å². The van der Waals surface area contributed by atoms with Gasteiger partial charge in [0.05, 0.1) is 4.92 Å². The summed E-state index contributed by atoms with van der Waals surface area (Å²) in [5, 5.41) is 16.0. The van der Waals surface area contributed by atoms with Crippen molar-refractivity contribution in [3.05, 3.63) is 45.3 Å². The third-order valence-electron chi connectivity index (χ3n) is 3.07. The lowest BCUT2D eigenvalue weighted by Crippen LogP contribution is -2.23. The van der Waals surface area contributed by atoms with E-state index in [2.05, 4.69) is 21.8 Å². The van der Waals surface area contributed by atoms with Gasteiger partial charge in [-0.2, -0.15) is 0 Å². The molecule has 0 aliphatic carbocycles. The van der Waals surface area contributed by atoms with Gasteiger partial charge in [-0.3, -0.25) is 10.1 Å². The average molecular weight is 294 g/mol. The van der Waals surface area contributed by atoms with Crippen LogP contribution in [0.2, 0.25) is 0 Å². The van der Waals surface area contributed by atoms with E-state index >= 15 is 0 Å². The zero-order valence-corrected chi connectivity index (χ0v) is 12.4.